The Hall–Kier alpha value is -0.835. The molecule has 0 aliphatic carbocycles. The number of nitrogens with two attached hydrogens (primary N) is 1. The molecule has 2 rings (SSSR count). The van der Waals surface area contributed by atoms with Crippen LogP contribution in [0.15, 0.2) is 18.2 Å². The first-order valence-corrected chi connectivity index (χ1v) is 4.81. The fraction of sp³-hybridized carbons (Fsp3) is 0.400. The first-order chi connectivity index (χ1) is 6.83. The minimum absolute atomic E-state index is 0.688. The predicted molar refractivity (Wildman–Crippen MR) is 55.3 cm³/mol. The summed E-state index contributed by atoms with van der Waals surface area (Å²) in [6.07, 6.45) is 1.11. The zero-order valence-electron chi connectivity index (χ0n) is 7.94. The molecule has 0 aromatic heterocycles. The molecular weight excluding hydrogens is 177 g/mol. The van der Waals surface area contributed by atoms with E-state index in [1.807, 2.05) is 18.2 Å². The van der Waals surface area contributed by atoms with Crippen LogP contribution in [-0.4, -0.2) is 19.1 Å². The van der Waals surface area contributed by atoms with Crippen LogP contribution in [0.5, 0.6) is 0 Å². The topological polar surface area (TPSA) is 55.5 Å². The van der Waals surface area contributed by atoms with Crippen molar-refractivity contribution in [1.82, 2.24) is 0 Å². The first kappa shape index (κ1) is 9.71. The molecule has 1 aromatic rings. The lowest BCUT2D eigenvalue weighted by Gasteiger charge is -2.07. The van der Waals surface area contributed by atoms with Crippen molar-refractivity contribution in [1.29, 1.82) is 0 Å². The van der Waals surface area contributed by atoms with Gasteiger partial charge in [0.25, 0.3) is 0 Å². The van der Waals surface area contributed by atoms with Crippen molar-refractivity contribution in [3.8, 4) is 0 Å². The van der Waals surface area contributed by atoms with Crippen molar-refractivity contribution < 1.29 is 9.76 Å². The van der Waals surface area contributed by atoms with Crippen LogP contribution in [-0.2, 0) is 11.1 Å². The van der Waals surface area contributed by atoms with E-state index in [1.165, 1.54) is 5.56 Å². The Morgan fingerprint density at radius 1 is 1.50 bits per heavy atom. The zero-order chi connectivity index (χ0) is 9.97. The highest BCUT2D eigenvalue weighted by Crippen LogP contribution is 2.19. The van der Waals surface area contributed by atoms with Crippen molar-refractivity contribution in [3.05, 3.63) is 29.3 Å². The molecule has 1 aromatic carbocycles. The largest absolute Gasteiger partial charge is 0.407 e. The molecule has 14 heavy (non-hydrogen) atoms. The lowest BCUT2D eigenvalue weighted by atomic mass is 9.81. The minimum Gasteiger partial charge on any atom is -0.407 e. The van der Waals surface area contributed by atoms with Crippen LogP contribution >= 0.6 is 0 Å². The maximum atomic E-state index is 9.45. The SMILES string of the molecule is NCCCc1cccc2c1[B]OC2O. The predicted octanol–water partition coefficient (Wildman–Crippen LogP) is -0.156. The third kappa shape index (κ3) is 1.69. The van der Waals surface area contributed by atoms with Gasteiger partial charge in [0.05, 0.1) is 0 Å². The first-order valence-electron chi connectivity index (χ1n) is 4.81. The molecule has 4 heteroatoms. The quantitative estimate of drug-likeness (QED) is 0.651. The molecule has 3 N–H and O–H groups in total. The summed E-state index contributed by atoms with van der Waals surface area (Å²) in [5.41, 5.74) is 8.54. The van der Waals surface area contributed by atoms with Gasteiger partial charge in [-0.3, -0.25) is 0 Å². The van der Waals surface area contributed by atoms with E-state index >= 15 is 0 Å². The summed E-state index contributed by atoms with van der Waals surface area (Å²) in [5, 5.41) is 9.45. The number of hydrogen-bond donors (Lipinski definition) is 2. The molecule has 1 unspecified atom stereocenters. The zero-order valence-corrected chi connectivity index (χ0v) is 7.94. The van der Waals surface area contributed by atoms with E-state index in [1.54, 1.807) is 7.48 Å². The van der Waals surface area contributed by atoms with Crippen LogP contribution < -0.4 is 11.2 Å². The molecule has 0 bridgehead atoms. The number of hydrogen-bond acceptors (Lipinski definition) is 3. The number of aryl methyl sites for hydroxylation is 1. The van der Waals surface area contributed by atoms with Gasteiger partial charge in [0, 0.05) is 5.56 Å². The molecule has 1 aliphatic rings. The van der Waals surface area contributed by atoms with E-state index in [2.05, 4.69) is 0 Å². The summed E-state index contributed by atoms with van der Waals surface area (Å²) < 4.78 is 5.04. The molecular formula is C10H13BNO2. The van der Waals surface area contributed by atoms with Gasteiger partial charge in [-0.1, -0.05) is 23.8 Å². The highest BCUT2D eigenvalue weighted by Gasteiger charge is 2.24. The molecule has 0 saturated carbocycles. The second kappa shape index (κ2) is 4.13. The number of aliphatic hydroxyl groups is 1. The highest BCUT2D eigenvalue weighted by molar-refractivity contribution is 6.49. The average Bonchev–Trinajstić information content (AvgIpc) is 2.58. The van der Waals surface area contributed by atoms with E-state index in [4.69, 9.17) is 10.4 Å². The Bertz CT molecular complexity index is 330. The number of fused-ring (bicyclic) bond motifs is 1. The summed E-state index contributed by atoms with van der Waals surface area (Å²) in [6, 6.07) is 5.87. The summed E-state index contributed by atoms with van der Waals surface area (Å²) in [6.45, 7) is 0.688. The summed E-state index contributed by atoms with van der Waals surface area (Å²) >= 11 is 0. The van der Waals surface area contributed by atoms with Crippen LogP contribution in [0.4, 0.5) is 0 Å². The normalized spacial score (nSPS) is 19.1. The maximum absolute atomic E-state index is 9.45. The van der Waals surface area contributed by atoms with Crippen LogP contribution in [0.2, 0.25) is 0 Å². The van der Waals surface area contributed by atoms with E-state index in [9.17, 15) is 5.11 Å². The third-order valence-electron chi connectivity index (χ3n) is 2.46. The molecule has 1 aliphatic heterocycles. The number of rotatable bonds is 3. The summed E-state index contributed by atoms with van der Waals surface area (Å²) in [4.78, 5) is 0. The van der Waals surface area contributed by atoms with Gasteiger partial charge in [0.2, 0.25) is 0 Å². The van der Waals surface area contributed by atoms with Gasteiger partial charge in [-0.05, 0) is 24.8 Å². The van der Waals surface area contributed by atoms with Crippen molar-refractivity contribution in [2.75, 3.05) is 6.54 Å². The smallest absolute Gasteiger partial charge is 0.334 e. The van der Waals surface area contributed by atoms with Crippen molar-refractivity contribution in [2.45, 2.75) is 19.1 Å². The molecule has 1 atom stereocenters. The molecule has 1 heterocycles. The van der Waals surface area contributed by atoms with Gasteiger partial charge in [-0.2, -0.15) is 0 Å². The Labute approximate surface area is 84.2 Å². The fourth-order valence-electron chi connectivity index (χ4n) is 1.71. The molecule has 73 valence electrons. The van der Waals surface area contributed by atoms with Crippen molar-refractivity contribution >= 4 is 12.9 Å². The van der Waals surface area contributed by atoms with E-state index in [0.717, 1.165) is 23.9 Å². The highest BCUT2D eigenvalue weighted by atomic mass is 16.6. The van der Waals surface area contributed by atoms with Gasteiger partial charge in [0.15, 0.2) is 6.29 Å². The standard InChI is InChI=1S/C10H13BNO2/c12-6-2-4-7-3-1-5-8-9(7)11-14-10(8)13/h1,3,5,10,13H,2,4,6,12H2. The van der Waals surface area contributed by atoms with Crippen LogP contribution in [0, 0.1) is 0 Å². The van der Waals surface area contributed by atoms with Crippen LogP contribution in [0.3, 0.4) is 0 Å². The molecule has 0 spiro atoms. The minimum atomic E-state index is -0.789. The molecule has 0 fully saturated rings. The lowest BCUT2D eigenvalue weighted by molar-refractivity contribution is -0.00794. The Morgan fingerprint density at radius 2 is 2.36 bits per heavy atom. The molecule has 0 amide bonds. The van der Waals surface area contributed by atoms with Gasteiger partial charge < -0.3 is 15.5 Å². The number of aliphatic hydroxyl groups excluding tert-OH is 1. The van der Waals surface area contributed by atoms with Crippen LogP contribution in [0.1, 0.15) is 23.8 Å². The average molecular weight is 190 g/mol. The molecule has 3 nitrogen and oxygen atoms in total. The Morgan fingerprint density at radius 3 is 3.14 bits per heavy atom. The second-order valence-electron chi connectivity index (χ2n) is 3.42. The maximum Gasteiger partial charge on any atom is 0.334 e. The summed E-state index contributed by atoms with van der Waals surface area (Å²) in [5.74, 6) is 0. The lowest BCUT2D eigenvalue weighted by Crippen LogP contribution is -2.18. The fourth-order valence-corrected chi connectivity index (χ4v) is 1.71. The Kier molecular flexibility index (Phi) is 2.86. The van der Waals surface area contributed by atoms with Crippen molar-refractivity contribution in [3.63, 3.8) is 0 Å². The van der Waals surface area contributed by atoms with Crippen LogP contribution in [0.25, 0.3) is 0 Å². The van der Waals surface area contributed by atoms with Gasteiger partial charge in [-0.15, -0.1) is 0 Å². The number of benzene rings is 1. The van der Waals surface area contributed by atoms with Gasteiger partial charge in [-0.25, -0.2) is 0 Å². The van der Waals surface area contributed by atoms with E-state index in [0.29, 0.717) is 6.54 Å². The molecule has 0 saturated heterocycles. The second-order valence-corrected chi connectivity index (χ2v) is 3.42. The Balaban J connectivity index is 2.25. The summed E-state index contributed by atoms with van der Waals surface area (Å²) in [7, 11) is 1.63. The molecule has 1 radical (unpaired) electrons. The third-order valence-corrected chi connectivity index (χ3v) is 2.46. The van der Waals surface area contributed by atoms with E-state index in [-0.39, 0.29) is 0 Å². The van der Waals surface area contributed by atoms with Gasteiger partial charge in [0.1, 0.15) is 0 Å². The van der Waals surface area contributed by atoms with Gasteiger partial charge >= 0.3 is 7.48 Å². The van der Waals surface area contributed by atoms with E-state index < -0.39 is 6.29 Å². The monoisotopic (exact) mass is 190 g/mol. The van der Waals surface area contributed by atoms with Crippen molar-refractivity contribution in [2.24, 2.45) is 5.73 Å².